The van der Waals surface area contributed by atoms with Crippen LogP contribution in [0.3, 0.4) is 0 Å². The molecule has 2 aromatic carbocycles. The van der Waals surface area contributed by atoms with E-state index in [0.717, 1.165) is 6.07 Å². The molecular weight excluding hydrogens is 600 g/mol. The van der Waals surface area contributed by atoms with E-state index in [1.54, 1.807) is 18.2 Å². The first kappa shape index (κ1) is 32.9. The summed E-state index contributed by atoms with van der Waals surface area (Å²) in [7, 11) is 4.20. The van der Waals surface area contributed by atoms with Crippen LogP contribution in [0.25, 0.3) is 22.3 Å². The number of fused-ring (bicyclic) bond motifs is 1. The van der Waals surface area contributed by atoms with E-state index in [1.165, 1.54) is 34.3 Å². The van der Waals surface area contributed by atoms with Crippen LogP contribution in [0.4, 0.5) is 0 Å². The van der Waals surface area contributed by atoms with Crippen LogP contribution in [0, 0.1) is 0 Å². The molecule has 0 amide bonds. The lowest BCUT2D eigenvalue weighted by atomic mass is 9.89. The number of ether oxygens (including phenoxy) is 6. The summed E-state index contributed by atoms with van der Waals surface area (Å²) in [5.41, 5.74) is -0.472. The number of benzene rings is 2. The molecule has 15 nitrogen and oxygen atoms in total. The van der Waals surface area contributed by atoms with E-state index < -0.39 is 79.0 Å². The molecule has 0 saturated carbocycles. The third kappa shape index (κ3) is 5.82. The van der Waals surface area contributed by atoms with E-state index in [-0.39, 0.29) is 28.0 Å². The van der Waals surface area contributed by atoms with Gasteiger partial charge in [0.05, 0.1) is 39.6 Å². The van der Waals surface area contributed by atoms with E-state index >= 15 is 0 Å². The zero-order valence-corrected chi connectivity index (χ0v) is 24.8. The Kier molecular flexibility index (Phi) is 9.55. The lowest BCUT2D eigenvalue weighted by molar-refractivity contribution is -0.338. The highest BCUT2D eigenvalue weighted by molar-refractivity contribution is 5.88. The summed E-state index contributed by atoms with van der Waals surface area (Å²) in [6.45, 7) is 0.672. The molecule has 5 rings (SSSR count). The Morgan fingerprint density at radius 2 is 1.49 bits per heavy atom. The SMILES string of the molecule is COc1ccc(-c2cc(=O)c3c(O)c([C@@H]4O[C@@H](CO)[C@@H](O)[C@H](O)[C@H]4O[C@@H]4O[C@@H](C)[C@H](O)[C@H](O)[C@H]4O)c(OC)cc3o2)cc1OC. The molecule has 246 valence electrons. The normalized spacial score (nSPS) is 32.0. The monoisotopic (exact) mass is 636 g/mol. The fourth-order valence-electron chi connectivity index (χ4n) is 5.63. The van der Waals surface area contributed by atoms with Gasteiger partial charge in [-0.3, -0.25) is 4.79 Å². The molecule has 1 aromatic heterocycles. The zero-order chi connectivity index (χ0) is 32.7. The number of methoxy groups -OCH3 is 3. The van der Waals surface area contributed by atoms with E-state index in [1.807, 2.05) is 0 Å². The number of rotatable bonds is 8. The summed E-state index contributed by atoms with van der Waals surface area (Å²) in [6, 6.07) is 7.35. The Morgan fingerprint density at radius 1 is 0.800 bits per heavy atom. The van der Waals surface area contributed by atoms with Crippen molar-refractivity contribution >= 4 is 11.0 Å². The van der Waals surface area contributed by atoms with Gasteiger partial charge < -0.3 is 68.6 Å². The Labute approximate surface area is 256 Å². The van der Waals surface area contributed by atoms with Gasteiger partial charge in [-0.15, -0.1) is 0 Å². The van der Waals surface area contributed by atoms with Crippen LogP contribution in [0.15, 0.2) is 39.5 Å². The van der Waals surface area contributed by atoms with E-state index in [9.17, 15) is 40.5 Å². The van der Waals surface area contributed by atoms with Crippen LogP contribution in [0.5, 0.6) is 23.0 Å². The van der Waals surface area contributed by atoms with Gasteiger partial charge in [0.15, 0.2) is 23.2 Å². The average molecular weight is 637 g/mol. The number of aromatic hydroxyl groups is 1. The number of hydrogen-bond donors (Lipinski definition) is 7. The fraction of sp³-hybridized carbons (Fsp3) is 0.500. The first-order valence-corrected chi connectivity index (χ1v) is 14.0. The molecule has 0 spiro atoms. The lowest BCUT2D eigenvalue weighted by Gasteiger charge is -2.46. The van der Waals surface area contributed by atoms with Gasteiger partial charge in [0.2, 0.25) is 0 Å². The summed E-state index contributed by atoms with van der Waals surface area (Å²) in [6.07, 6.45) is -15.6. The molecule has 3 heterocycles. The maximum atomic E-state index is 13.5. The predicted octanol–water partition coefficient (Wildman–Crippen LogP) is -0.442. The summed E-state index contributed by atoms with van der Waals surface area (Å²) in [5.74, 6) is 0.231. The smallest absolute Gasteiger partial charge is 0.197 e. The van der Waals surface area contributed by atoms with Gasteiger partial charge >= 0.3 is 0 Å². The third-order valence-electron chi connectivity index (χ3n) is 8.13. The number of aliphatic hydroxyl groups is 6. The minimum absolute atomic E-state index is 0.0741. The molecule has 2 fully saturated rings. The Balaban J connectivity index is 1.61. The zero-order valence-electron chi connectivity index (χ0n) is 24.8. The molecule has 15 heteroatoms. The molecule has 45 heavy (non-hydrogen) atoms. The van der Waals surface area contributed by atoms with Crippen molar-refractivity contribution in [1.82, 2.24) is 0 Å². The first-order chi connectivity index (χ1) is 21.4. The Bertz CT molecular complexity index is 1570. The number of phenolic OH excluding ortho intramolecular Hbond substituents is 1. The topological polar surface area (TPSA) is 227 Å². The Hall–Kier alpha value is -3.51. The van der Waals surface area contributed by atoms with Crippen LogP contribution in [0.2, 0.25) is 0 Å². The van der Waals surface area contributed by atoms with Gasteiger partial charge in [-0.05, 0) is 25.1 Å². The van der Waals surface area contributed by atoms with E-state index in [2.05, 4.69) is 0 Å². The largest absolute Gasteiger partial charge is 0.506 e. The maximum absolute atomic E-state index is 13.5. The molecule has 0 unspecified atom stereocenters. The maximum Gasteiger partial charge on any atom is 0.197 e. The molecule has 2 aliphatic rings. The number of phenols is 1. The molecule has 3 aromatic rings. The Morgan fingerprint density at radius 3 is 2.13 bits per heavy atom. The van der Waals surface area contributed by atoms with Gasteiger partial charge in [0.1, 0.15) is 77.1 Å². The van der Waals surface area contributed by atoms with Gasteiger partial charge in [0, 0.05) is 17.7 Å². The second-order valence-corrected chi connectivity index (χ2v) is 10.8. The minimum Gasteiger partial charge on any atom is -0.506 e. The second-order valence-electron chi connectivity index (χ2n) is 10.8. The molecule has 2 saturated heterocycles. The average Bonchev–Trinajstić information content (AvgIpc) is 3.04. The van der Waals surface area contributed by atoms with Crippen LogP contribution in [-0.2, 0) is 14.2 Å². The van der Waals surface area contributed by atoms with Gasteiger partial charge in [0.25, 0.3) is 0 Å². The summed E-state index contributed by atoms with van der Waals surface area (Å²) >= 11 is 0. The standard InChI is InChI=1S/C30H36O15/c1-11-22(33)25(36)27(38)30(42-11)45-29-26(37)23(34)19(10-31)44-28(29)21-17(41-4)9-18-20(24(21)35)13(32)8-15(43-18)12-5-6-14(39-2)16(7-12)40-3/h5-9,11,19,22-23,25-31,33-38H,10H2,1-4H3/t11-,19-,22-,23+,25-,26-,27+,28-,29+,30-/m0/s1. The highest BCUT2D eigenvalue weighted by Gasteiger charge is 2.51. The van der Waals surface area contributed by atoms with Gasteiger partial charge in [-0.25, -0.2) is 0 Å². The number of hydrogen-bond acceptors (Lipinski definition) is 15. The lowest BCUT2D eigenvalue weighted by Crippen LogP contribution is -2.61. The summed E-state index contributed by atoms with van der Waals surface area (Å²) in [5, 5.41) is 73.8. The van der Waals surface area contributed by atoms with Crippen molar-refractivity contribution in [3.8, 4) is 34.3 Å². The van der Waals surface area contributed by atoms with Crippen molar-refractivity contribution in [2.24, 2.45) is 0 Å². The van der Waals surface area contributed by atoms with Crippen LogP contribution in [-0.4, -0.2) is 119 Å². The molecule has 10 atom stereocenters. The molecule has 0 aliphatic carbocycles. The van der Waals surface area contributed by atoms with E-state index in [0.29, 0.717) is 17.1 Å². The van der Waals surface area contributed by atoms with Crippen LogP contribution >= 0.6 is 0 Å². The van der Waals surface area contributed by atoms with Gasteiger partial charge in [-0.2, -0.15) is 0 Å². The van der Waals surface area contributed by atoms with Crippen molar-refractivity contribution in [1.29, 1.82) is 0 Å². The van der Waals surface area contributed by atoms with E-state index in [4.69, 9.17) is 32.8 Å². The highest BCUT2D eigenvalue weighted by Crippen LogP contribution is 2.46. The van der Waals surface area contributed by atoms with Crippen molar-refractivity contribution in [2.45, 2.75) is 68.1 Å². The molecule has 7 N–H and O–H groups in total. The fourth-order valence-corrected chi connectivity index (χ4v) is 5.63. The first-order valence-electron chi connectivity index (χ1n) is 14.0. The van der Waals surface area contributed by atoms with Gasteiger partial charge in [-0.1, -0.05) is 0 Å². The quantitative estimate of drug-likeness (QED) is 0.166. The van der Waals surface area contributed by atoms with Crippen LogP contribution < -0.4 is 19.6 Å². The molecule has 2 aliphatic heterocycles. The predicted molar refractivity (Wildman–Crippen MR) is 153 cm³/mol. The van der Waals surface area contributed by atoms with Crippen molar-refractivity contribution < 1.29 is 68.6 Å². The van der Waals surface area contributed by atoms with Crippen molar-refractivity contribution in [3.05, 3.63) is 46.1 Å². The minimum atomic E-state index is -1.81. The van der Waals surface area contributed by atoms with Crippen molar-refractivity contribution in [3.63, 3.8) is 0 Å². The molecular formula is C30H36O15. The van der Waals surface area contributed by atoms with Crippen LogP contribution in [0.1, 0.15) is 18.6 Å². The third-order valence-corrected chi connectivity index (χ3v) is 8.13. The second kappa shape index (κ2) is 13.1. The summed E-state index contributed by atoms with van der Waals surface area (Å²) < 4.78 is 39.4. The molecule has 0 bridgehead atoms. The summed E-state index contributed by atoms with van der Waals surface area (Å²) in [4.78, 5) is 13.5. The number of aliphatic hydroxyl groups excluding tert-OH is 6. The molecule has 0 radical (unpaired) electrons. The highest BCUT2D eigenvalue weighted by atomic mass is 16.7. The van der Waals surface area contributed by atoms with Crippen molar-refractivity contribution in [2.75, 3.05) is 27.9 Å².